The van der Waals surface area contributed by atoms with Crippen molar-refractivity contribution in [1.82, 2.24) is 25.6 Å². The molecule has 0 saturated heterocycles. The SMILES string of the molecule is COc1cccc(OC)c1-n1c(N)nnc1C1C=CNN1. The Hall–Kier alpha value is -2.74. The largest absolute Gasteiger partial charge is 0.494 e. The van der Waals surface area contributed by atoms with Crippen LogP contribution >= 0.6 is 0 Å². The quantitative estimate of drug-likeness (QED) is 0.754. The van der Waals surface area contributed by atoms with Crippen LogP contribution in [-0.2, 0) is 0 Å². The van der Waals surface area contributed by atoms with Crippen LogP contribution in [0.2, 0.25) is 0 Å². The summed E-state index contributed by atoms with van der Waals surface area (Å²) >= 11 is 0. The Bertz CT molecular complexity index is 659. The van der Waals surface area contributed by atoms with E-state index in [4.69, 9.17) is 15.2 Å². The average Bonchev–Trinajstić information content (AvgIpc) is 3.15. The Labute approximate surface area is 121 Å². The fraction of sp³-hybridized carbons (Fsp3) is 0.231. The molecule has 0 aliphatic carbocycles. The van der Waals surface area contributed by atoms with Gasteiger partial charge in [0.25, 0.3) is 0 Å². The van der Waals surface area contributed by atoms with Gasteiger partial charge in [0, 0.05) is 6.20 Å². The Morgan fingerprint density at radius 3 is 2.48 bits per heavy atom. The van der Waals surface area contributed by atoms with Gasteiger partial charge in [-0.05, 0) is 18.2 Å². The molecule has 0 bridgehead atoms. The molecule has 4 N–H and O–H groups in total. The normalized spacial score (nSPS) is 16.8. The molecule has 8 heteroatoms. The number of nitrogens with two attached hydrogens (primary N) is 1. The highest BCUT2D eigenvalue weighted by Crippen LogP contribution is 2.35. The average molecular weight is 288 g/mol. The third kappa shape index (κ3) is 2.15. The van der Waals surface area contributed by atoms with Gasteiger partial charge in [-0.1, -0.05) is 6.07 Å². The van der Waals surface area contributed by atoms with Crippen molar-refractivity contribution in [2.24, 2.45) is 0 Å². The van der Waals surface area contributed by atoms with Crippen molar-refractivity contribution in [2.75, 3.05) is 20.0 Å². The second-order valence-electron chi connectivity index (χ2n) is 4.39. The van der Waals surface area contributed by atoms with Crippen LogP contribution in [0.15, 0.2) is 30.5 Å². The minimum Gasteiger partial charge on any atom is -0.494 e. The molecule has 8 nitrogen and oxygen atoms in total. The molecule has 110 valence electrons. The van der Waals surface area contributed by atoms with Gasteiger partial charge >= 0.3 is 0 Å². The summed E-state index contributed by atoms with van der Waals surface area (Å²) in [5.74, 6) is 2.14. The molecule has 2 aromatic rings. The number of aromatic nitrogens is 3. The van der Waals surface area contributed by atoms with Gasteiger partial charge < -0.3 is 20.6 Å². The molecule has 1 aliphatic rings. The Kier molecular flexibility index (Phi) is 3.36. The van der Waals surface area contributed by atoms with E-state index in [1.54, 1.807) is 25.0 Å². The first-order chi connectivity index (χ1) is 10.3. The van der Waals surface area contributed by atoms with Crippen LogP contribution in [-0.4, -0.2) is 29.0 Å². The highest BCUT2D eigenvalue weighted by atomic mass is 16.5. The number of ether oxygens (including phenoxy) is 2. The van der Waals surface area contributed by atoms with Crippen molar-refractivity contribution in [1.29, 1.82) is 0 Å². The molecule has 1 atom stereocenters. The molecule has 3 rings (SSSR count). The molecule has 0 amide bonds. The van der Waals surface area contributed by atoms with Crippen molar-refractivity contribution in [3.05, 3.63) is 36.3 Å². The van der Waals surface area contributed by atoms with E-state index in [1.807, 2.05) is 24.3 Å². The molecular formula is C13H16N6O2. The predicted molar refractivity (Wildman–Crippen MR) is 77.0 cm³/mol. The van der Waals surface area contributed by atoms with E-state index in [0.717, 1.165) is 0 Å². The molecule has 21 heavy (non-hydrogen) atoms. The van der Waals surface area contributed by atoms with Crippen LogP contribution in [0.25, 0.3) is 5.69 Å². The van der Waals surface area contributed by atoms with Gasteiger partial charge in [0.05, 0.1) is 14.2 Å². The van der Waals surface area contributed by atoms with Gasteiger partial charge in [0.15, 0.2) is 5.82 Å². The van der Waals surface area contributed by atoms with E-state index in [-0.39, 0.29) is 12.0 Å². The zero-order chi connectivity index (χ0) is 14.8. The van der Waals surface area contributed by atoms with Gasteiger partial charge in [-0.3, -0.25) is 4.57 Å². The first-order valence-corrected chi connectivity index (χ1v) is 6.36. The molecule has 1 aliphatic heterocycles. The number of anilines is 1. The van der Waals surface area contributed by atoms with E-state index in [0.29, 0.717) is 23.0 Å². The van der Waals surface area contributed by atoms with Crippen molar-refractivity contribution in [3.8, 4) is 17.2 Å². The predicted octanol–water partition coefficient (Wildman–Crippen LogP) is 0.529. The van der Waals surface area contributed by atoms with Crippen LogP contribution in [0.4, 0.5) is 5.95 Å². The maximum Gasteiger partial charge on any atom is 0.226 e. The molecule has 2 heterocycles. The number of nitrogens with one attached hydrogen (secondary N) is 2. The Morgan fingerprint density at radius 2 is 1.90 bits per heavy atom. The second-order valence-corrected chi connectivity index (χ2v) is 4.39. The van der Waals surface area contributed by atoms with Crippen molar-refractivity contribution >= 4 is 5.95 Å². The molecule has 1 aromatic heterocycles. The maximum absolute atomic E-state index is 5.99. The van der Waals surface area contributed by atoms with E-state index in [1.165, 1.54) is 0 Å². The van der Waals surface area contributed by atoms with Crippen LogP contribution in [0.1, 0.15) is 11.9 Å². The summed E-state index contributed by atoms with van der Waals surface area (Å²) in [7, 11) is 3.18. The maximum atomic E-state index is 5.99. The Morgan fingerprint density at radius 1 is 1.19 bits per heavy atom. The number of rotatable bonds is 4. The highest BCUT2D eigenvalue weighted by molar-refractivity contribution is 5.60. The monoisotopic (exact) mass is 288 g/mol. The molecule has 0 fully saturated rings. The van der Waals surface area contributed by atoms with Crippen LogP contribution < -0.4 is 26.1 Å². The minimum atomic E-state index is -0.149. The topological polar surface area (TPSA) is 99.2 Å². The zero-order valence-electron chi connectivity index (χ0n) is 11.7. The van der Waals surface area contributed by atoms with Crippen LogP contribution in [0.3, 0.4) is 0 Å². The first kappa shape index (κ1) is 13.3. The Balaban J connectivity index is 2.21. The molecule has 1 unspecified atom stereocenters. The fourth-order valence-corrected chi connectivity index (χ4v) is 2.27. The van der Waals surface area contributed by atoms with Crippen LogP contribution in [0.5, 0.6) is 11.5 Å². The number of nitrogen functional groups attached to an aromatic ring is 1. The lowest BCUT2D eigenvalue weighted by molar-refractivity contribution is 0.390. The number of hydrazine groups is 1. The third-order valence-corrected chi connectivity index (χ3v) is 3.23. The molecule has 0 radical (unpaired) electrons. The van der Waals surface area contributed by atoms with E-state index in [9.17, 15) is 0 Å². The van der Waals surface area contributed by atoms with Gasteiger partial charge in [-0.2, -0.15) is 0 Å². The summed E-state index contributed by atoms with van der Waals surface area (Å²) in [4.78, 5) is 0. The van der Waals surface area contributed by atoms with Gasteiger partial charge in [0.1, 0.15) is 23.2 Å². The van der Waals surface area contributed by atoms with E-state index < -0.39 is 0 Å². The molecule has 1 aromatic carbocycles. The van der Waals surface area contributed by atoms with Crippen molar-refractivity contribution in [3.63, 3.8) is 0 Å². The summed E-state index contributed by atoms with van der Waals surface area (Å²) in [6.45, 7) is 0. The minimum absolute atomic E-state index is 0.149. The van der Waals surface area contributed by atoms with Gasteiger partial charge in [-0.15, -0.1) is 10.2 Å². The zero-order valence-corrected chi connectivity index (χ0v) is 11.7. The molecule has 0 spiro atoms. The lowest BCUT2D eigenvalue weighted by Gasteiger charge is -2.17. The standard InChI is InChI=1S/C13H16N6O2/c1-20-9-4-3-5-10(21-2)11(9)19-12(17-18-13(19)14)8-6-7-15-16-8/h3-8,15-16H,1-2H3,(H2,14,18). The molecular weight excluding hydrogens is 272 g/mol. The second kappa shape index (κ2) is 5.33. The van der Waals surface area contributed by atoms with Crippen molar-refractivity contribution < 1.29 is 9.47 Å². The summed E-state index contributed by atoms with van der Waals surface area (Å²) in [5.41, 5.74) is 12.6. The molecule has 0 saturated carbocycles. The number of methoxy groups -OCH3 is 2. The smallest absolute Gasteiger partial charge is 0.226 e. The lowest BCUT2D eigenvalue weighted by atomic mass is 10.2. The number of hydrogen-bond acceptors (Lipinski definition) is 7. The van der Waals surface area contributed by atoms with Crippen molar-refractivity contribution in [2.45, 2.75) is 6.04 Å². The van der Waals surface area contributed by atoms with Gasteiger partial charge in [-0.25, -0.2) is 5.43 Å². The fourth-order valence-electron chi connectivity index (χ4n) is 2.27. The summed E-state index contributed by atoms with van der Waals surface area (Å²) < 4.78 is 12.6. The number of para-hydroxylation sites is 1. The first-order valence-electron chi connectivity index (χ1n) is 6.36. The summed E-state index contributed by atoms with van der Waals surface area (Å²) in [6, 6.07) is 5.36. The van der Waals surface area contributed by atoms with E-state index >= 15 is 0 Å². The van der Waals surface area contributed by atoms with Gasteiger partial charge in [0.2, 0.25) is 5.95 Å². The van der Waals surface area contributed by atoms with Crippen LogP contribution in [0, 0.1) is 0 Å². The number of benzene rings is 1. The van der Waals surface area contributed by atoms with E-state index in [2.05, 4.69) is 21.0 Å². The summed E-state index contributed by atoms with van der Waals surface area (Å²) in [6.07, 6.45) is 3.71. The third-order valence-electron chi connectivity index (χ3n) is 3.23. The number of hydrogen-bond donors (Lipinski definition) is 3. The number of nitrogens with zero attached hydrogens (tertiary/aromatic N) is 3. The lowest BCUT2D eigenvalue weighted by Crippen LogP contribution is -2.26. The summed E-state index contributed by atoms with van der Waals surface area (Å²) in [5, 5.41) is 8.11. The highest BCUT2D eigenvalue weighted by Gasteiger charge is 2.25.